The first-order valence-electron chi connectivity index (χ1n) is 8.43. The van der Waals surface area contributed by atoms with Crippen LogP contribution in [-0.2, 0) is 15.9 Å². The highest BCUT2D eigenvalue weighted by Crippen LogP contribution is 2.38. The number of nitrogens with one attached hydrogen (secondary N) is 1. The second-order valence-electron chi connectivity index (χ2n) is 6.60. The summed E-state index contributed by atoms with van der Waals surface area (Å²) in [6.45, 7) is 2.53. The van der Waals surface area contributed by atoms with E-state index >= 15 is 0 Å². The summed E-state index contributed by atoms with van der Waals surface area (Å²) < 4.78 is 11.2. The van der Waals surface area contributed by atoms with Crippen LogP contribution in [0.15, 0.2) is 30.3 Å². The molecule has 2 amide bonds. The normalized spacial score (nSPS) is 20.8. The van der Waals surface area contributed by atoms with Crippen molar-refractivity contribution in [1.29, 1.82) is 0 Å². The van der Waals surface area contributed by atoms with Gasteiger partial charge in [-0.05, 0) is 31.2 Å². The second kappa shape index (κ2) is 7.32. The fourth-order valence-electron chi connectivity index (χ4n) is 3.41. The Morgan fingerprint density at radius 1 is 1.39 bits per heavy atom. The minimum atomic E-state index is -0.0637. The number of morpholine rings is 1. The van der Waals surface area contributed by atoms with Gasteiger partial charge in [0.15, 0.2) is 0 Å². The number of benzene rings is 1. The molecule has 1 aromatic carbocycles. The van der Waals surface area contributed by atoms with Gasteiger partial charge in [0.25, 0.3) is 0 Å². The highest BCUT2D eigenvalue weighted by molar-refractivity contribution is 5.74. The van der Waals surface area contributed by atoms with Crippen LogP contribution in [0.5, 0.6) is 0 Å². The largest absolute Gasteiger partial charge is 0.383 e. The number of hydrogen-bond acceptors (Lipinski definition) is 3. The Labute approximate surface area is 137 Å². The molecule has 2 aliphatic rings. The topological polar surface area (TPSA) is 50.8 Å². The molecule has 1 aliphatic carbocycles. The van der Waals surface area contributed by atoms with E-state index < -0.39 is 0 Å². The van der Waals surface area contributed by atoms with E-state index in [-0.39, 0.29) is 17.7 Å². The smallest absolute Gasteiger partial charge is 0.317 e. The Kier molecular flexibility index (Phi) is 5.18. The van der Waals surface area contributed by atoms with Crippen molar-refractivity contribution >= 4 is 6.03 Å². The fraction of sp³-hybridized carbons (Fsp3) is 0.611. The van der Waals surface area contributed by atoms with Crippen molar-refractivity contribution in [3.05, 3.63) is 35.9 Å². The molecule has 2 fully saturated rings. The predicted octanol–water partition coefficient (Wildman–Crippen LogP) is 2.21. The third kappa shape index (κ3) is 4.03. The number of methoxy groups -OCH3 is 1. The molecule has 126 valence electrons. The van der Waals surface area contributed by atoms with Crippen LogP contribution in [0.25, 0.3) is 0 Å². The van der Waals surface area contributed by atoms with Crippen molar-refractivity contribution in [2.24, 2.45) is 0 Å². The molecule has 1 saturated heterocycles. The molecule has 0 aromatic heterocycles. The van der Waals surface area contributed by atoms with Crippen LogP contribution in [0.4, 0.5) is 4.79 Å². The van der Waals surface area contributed by atoms with Gasteiger partial charge in [0.1, 0.15) is 0 Å². The molecule has 1 saturated carbocycles. The minimum absolute atomic E-state index is 0.00226. The van der Waals surface area contributed by atoms with Gasteiger partial charge >= 0.3 is 6.03 Å². The van der Waals surface area contributed by atoms with Gasteiger partial charge in [-0.15, -0.1) is 0 Å². The number of carbonyl (C=O) groups excluding carboxylic acids is 1. The zero-order valence-corrected chi connectivity index (χ0v) is 13.8. The highest BCUT2D eigenvalue weighted by Gasteiger charge is 2.43. The molecule has 0 radical (unpaired) electrons. The van der Waals surface area contributed by atoms with Crippen LogP contribution >= 0.6 is 0 Å². The molecule has 3 rings (SSSR count). The molecule has 1 aromatic rings. The van der Waals surface area contributed by atoms with Gasteiger partial charge in [-0.2, -0.15) is 0 Å². The number of hydrogen-bond donors (Lipinski definition) is 1. The van der Waals surface area contributed by atoms with E-state index in [4.69, 9.17) is 9.47 Å². The fourth-order valence-corrected chi connectivity index (χ4v) is 3.41. The molecule has 0 bridgehead atoms. The summed E-state index contributed by atoms with van der Waals surface area (Å²) in [6.07, 6.45) is 4.12. The first-order chi connectivity index (χ1) is 11.2. The van der Waals surface area contributed by atoms with E-state index in [1.807, 2.05) is 23.1 Å². The predicted molar refractivity (Wildman–Crippen MR) is 88.4 cm³/mol. The summed E-state index contributed by atoms with van der Waals surface area (Å²) >= 11 is 0. The Hall–Kier alpha value is -1.59. The summed E-state index contributed by atoms with van der Waals surface area (Å²) in [7, 11) is 1.67. The van der Waals surface area contributed by atoms with Crippen molar-refractivity contribution < 1.29 is 14.3 Å². The number of rotatable bonds is 5. The average molecular weight is 318 g/mol. The maximum absolute atomic E-state index is 12.6. The number of urea groups is 1. The van der Waals surface area contributed by atoms with Crippen LogP contribution in [0.3, 0.4) is 0 Å². The van der Waals surface area contributed by atoms with Crippen molar-refractivity contribution in [1.82, 2.24) is 10.2 Å². The van der Waals surface area contributed by atoms with Crippen molar-refractivity contribution in [2.45, 2.75) is 37.3 Å². The first-order valence-corrected chi connectivity index (χ1v) is 8.43. The summed E-state index contributed by atoms with van der Waals surface area (Å²) in [5.41, 5.74) is 1.14. The lowest BCUT2D eigenvalue weighted by Crippen LogP contribution is -2.60. The lowest BCUT2D eigenvalue weighted by Gasteiger charge is -2.48. The third-order valence-electron chi connectivity index (χ3n) is 4.82. The summed E-state index contributed by atoms with van der Waals surface area (Å²) in [5, 5.41) is 3.13. The van der Waals surface area contributed by atoms with Crippen LogP contribution in [0.2, 0.25) is 0 Å². The zero-order valence-electron chi connectivity index (χ0n) is 13.8. The maximum Gasteiger partial charge on any atom is 0.317 e. The van der Waals surface area contributed by atoms with E-state index in [9.17, 15) is 4.79 Å². The van der Waals surface area contributed by atoms with E-state index in [0.717, 1.165) is 19.3 Å². The molecule has 23 heavy (non-hydrogen) atoms. The maximum atomic E-state index is 12.6. The highest BCUT2D eigenvalue weighted by atomic mass is 16.5. The SMILES string of the molecule is COCC(Cc1ccccc1)NC(=O)N1CCOC2(CCC2)C1. The Balaban J connectivity index is 1.57. The van der Waals surface area contributed by atoms with Crippen molar-refractivity contribution in [2.75, 3.05) is 33.4 Å². The average Bonchev–Trinajstić information content (AvgIpc) is 2.54. The van der Waals surface area contributed by atoms with Crippen molar-refractivity contribution in [3.63, 3.8) is 0 Å². The van der Waals surface area contributed by atoms with Crippen LogP contribution in [0.1, 0.15) is 24.8 Å². The van der Waals surface area contributed by atoms with Gasteiger partial charge in [0, 0.05) is 13.7 Å². The molecular weight excluding hydrogens is 292 g/mol. The molecular formula is C18H26N2O3. The number of ether oxygens (including phenoxy) is 2. The summed E-state index contributed by atoms with van der Waals surface area (Å²) in [4.78, 5) is 14.5. The van der Waals surface area contributed by atoms with E-state index in [1.54, 1.807) is 7.11 Å². The Bertz CT molecular complexity index is 516. The number of carbonyl (C=O) groups is 1. The van der Waals surface area contributed by atoms with E-state index in [1.165, 1.54) is 12.0 Å². The monoisotopic (exact) mass is 318 g/mol. The molecule has 1 unspecified atom stereocenters. The standard InChI is InChI=1S/C18H26N2O3/c1-22-13-16(12-15-6-3-2-4-7-15)19-17(21)20-10-11-23-18(14-20)8-5-9-18/h2-4,6-7,16H,5,8-14H2,1H3,(H,19,21). The van der Waals surface area contributed by atoms with Crippen LogP contribution < -0.4 is 5.32 Å². The van der Waals surface area contributed by atoms with Gasteiger partial charge in [0.2, 0.25) is 0 Å². The first kappa shape index (κ1) is 16.3. The van der Waals surface area contributed by atoms with E-state index in [0.29, 0.717) is 26.3 Å². The molecule has 1 aliphatic heterocycles. The van der Waals surface area contributed by atoms with Gasteiger partial charge in [-0.25, -0.2) is 4.79 Å². The van der Waals surface area contributed by atoms with Crippen LogP contribution in [0, 0.1) is 0 Å². The lowest BCUT2D eigenvalue weighted by molar-refractivity contribution is -0.141. The van der Waals surface area contributed by atoms with E-state index in [2.05, 4.69) is 17.4 Å². The zero-order chi connectivity index (χ0) is 16.1. The molecule has 1 spiro atoms. The van der Waals surface area contributed by atoms with Gasteiger partial charge in [0.05, 0.1) is 31.4 Å². The van der Waals surface area contributed by atoms with Crippen LogP contribution in [-0.4, -0.2) is 56.0 Å². The van der Waals surface area contributed by atoms with Gasteiger partial charge in [-0.1, -0.05) is 30.3 Å². The minimum Gasteiger partial charge on any atom is -0.383 e. The number of amides is 2. The van der Waals surface area contributed by atoms with Crippen molar-refractivity contribution in [3.8, 4) is 0 Å². The second-order valence-corrected chi connectivity index (χ2v) is 6.60. The molecule has 1 N–H and O–H groups in total. The molecule has 5 heteroatoms. The Morgan fingerprint density at radius 2 is 2.17 bits per heavy atom. The summed E-state index contributed by atoms with van der Waals surface area (Å²) in [5.74, 6) is 0. The summed E-state index contributed by atoms with van der Waals surface area (Å²) in [6, 6.07) is 10.2. The molecule has 1 atom stereocenters. The third-order valence-corrected chi connectivity index (χ3v) is 4.82. The Morgan fingerprint density at radius 3 is 2.83 bits per heavy atom. The molecule has 5 nitrogen and oxygen atoms in total. The van der Waals surface area contributed by atoms with Gasteiger partial charge < -0.3 is 19.7 Å². The number of nitrogens with zero attached hydrogens (tertiary/aromatic N) is 1. The molecule has 1 heterocycles. The van der Waals surface area contributed by atoms with Gasteiger partial charge in [-0.3, -0.25) is 0 Å². The lowest BCUT2D eigenvalue weighted by atomic mass is 9.79. The quantitative estimate of drug-likeness (QED) is 0.905.